The molecule has 0 unspecified atom stereocenters. The number of aromatic amines is 1. The van der Waals surface area contributed by atoms with Crippen molar-refractivity contribution in [3.05, 3.63) is 48.1 Å². The molecule has 1 amide bonds. The summed E-state index contributed by atoms with van der Waals surface area (Å²) in [6.45, 7) is 4.87. The summed E-state index contributed by atoms with van der Waals surface area (Å²) in [4.78, 5) is 27.7. The van der Waals surface area contributed by atoms with Crippen LogP contribution in [0.25, 0.3) is 0 Å². The Morgan fingerprint density at radius 3 is 3.00 bits per heavy atom. The lowest BCUT2D eigenvalue weighted by Crippen LogP contribution is -2.50. The van der Waals surface area contributed by atoms with Crippen LogP contribution in [-0.4, -0.2) is 56.8 Å². The van der Waals surface area contributed by atoms with Gasteiger partial charge in [-0.2, -0.15) is 0 Å². The van der Waals surface area contributed by atoms with Crippen molar-refractivity contribution >= 4 is 5.91 Å². The summed E-state index contributed by atoms with van der Waals surface area (Å²) in [6, 6.07) is 1.25. The zero-order valence-electron chi connectivity index (χ0n) is 12.4. The van der Waals surface area contributed by atoms with Gasteiger partial charge in [0.05, 0.1) is 17.8 Å². The molecule has 116 valence electrons. The van der Waals surface area contributed by atoms with Crippen LogP contribution in [0.3, 0.4) is 0 Å². The van der Waals surface area contributed by atoms with Gasteiger partial charge < -0.3 is 9.88 Å². The Balaban J connectivity index is 1.79. The average Bonchev–Trinajstić information content (AvgIpc) is 3.08. The number of hydrogen-bond donors (Lipinski definition) is 1. The van der Waals surface area contributed by atoms with E-state index >= 15 is 0 Å². The van der Waals surface area contributed by atoms with Gasteiger partial charge >= 0.3 is 0 Å². The van der Waals surface area contributed by atoms with Crippen LogP contribution in [0.15, 0.2) is 30.9 Å². The van der Waals surface area contributed by atoms with E-state index in [1.54, 1.807) is 17.3 Å². The summed E-state index contributed by atoms with van der Waals surface area (Å²) in [6.07, 6.45) is 5.98. The largest absolute Gasteiger partial charge is 0.347 e. The van der Waals surface area contributed by atoms with E-state index in [9.17, 15) is 9.18 Å². The summed E-state index contributed by atoms with van der Waals surface area (Å²) in [7, 11) is 0. The molecule has 0 spiro atoms. The Kier molecular flexibility index (Phi) is 4.15. The highest BCUT2D eigenvalue weighted by Gasteiger charge is 2.31. The van der Waals surface area contributed by atoms with E-state index in [-0.39, 0.29) is 17.5 Å². The molecule has 7 heteroatoms. The van der Waals surface area contributed by atoms with E-state index in [0.717, 1.165) is 25.1 Å². The minimum atomic E-state index is -0.499. The molecule has 1 fully saturated rings. The number of halogens is 1. The second kappa shape index (κ2) is 6.23. The monoisotopic (exact) mass is 303 g/mol. The molecule has 2 aromatic rings. The standard InChI is InChI=1S/C15H18FN5O/c1-2-20-5-6-21(10-13(20)14-18-3-4-19-14)15(22)11-7-12(16)9-17-8-11/h3-4,7-9,13H,2,5-6,10H2,1H3,(H,18,19)/t13-/m1/s1. The average molecular weight is 303 g/mol. The number of likely N-dealkylation sites (N-methyl/N-ethyl adjacent to an activating group) is 1. The molecule has 1 atom stereocenters. The van der Waals surface area contributed by atoms with Crippen molar-refractivity contribution in [3.8, 4) is 0 Å². The maximum Gasteiger partial charge on any atom is 0.255 e. The molecule has 1 aliphatic heterocycles. The molecular weight excluding hydrogens is 285 g/mol. The lowest BCUT2D eigenvalue weighted by atomic mass is 10.1. The number of hydrogen-bond acceptors (Lipinski definition) is 4. The van der Waals surface area contributed by atoms with Crippen molar-refractivity contribution in [2.45, 2.75) is 13.0 Å². The number of piperazine rings is 1. The van der Waals surface area contributed by atoms with Gasteiger partial charge in [0.25, 0.3) is 5.91 Å². The van der Waals surface area contributed by atoms with Crippen LogP contribution in [0, 0.1) is 5.82 Å². The highest BCUT2D eigenvalue weighted by atomic mass is 19.1. The fraction of sp³-hybridized carbons (Fsp3) is 0.400. The first-order valence-electron chi connectivity index (χ1n) is 7.32. The third-order valence-corrected chi connectivity index (χ3v) is 3.97. The number of nitrogens with zero attached hydrogens (tertiary/aromatic N) is 4. The Bertz CT molecular complexity index is 645. The maximum absolute atomic E-state index is 13.3. The molecule has 1 N–H and O–H groups in total. The molecule has 1 saturated heterocycles. The predicted molar refractivity (Wildman–Crippen MR) is 78.7 cm³/mol. The number of carbonyl (C=O) groups is 1. The van der Waals surface area contributed by atoms with Crippen LogP contribution in [0.4, 0.5) is 4.39 Å². The van der Waals surface area contributed by atoms with Crippen molar-refractivity contribution in [2.75, 3.05) is 26.2 Å². The lowest BCUT2D eigenvalue weighted by molar-refractivity contribution is 0.0479. The molecule has 3 rings (SSSR count). The molecule has 6 nitrogen and oxygen atoms in total. The quantitative estimate of drug-likeness (QED) is 0.932. The van der Waals surface area contributed by atoms with Gasteiger partial charge in [-0.25, -0.2) is 9.37 Å². The SMILES string of the molecule is CCN1CCN(C(=O)c2cncc(F)c2)C[C@@H]1c1ncc[nH]1. The Hall–Kier alpha value is -2.28. The first kappa shape index (κ1) is 14.6. The van der Waals surface area contributed by atoms with E-state index in [1.165, 1.54) is 12.3 Å². The van der Waals surface area contributed by atoms with Crippen molar-refractivity contribution in [1.29, 1.82) is 0 Å². The second-order valence-corrected chi connectivity index (χ2v) is 5.26. The first-order valence-corrected chi connectivity index (χ1v) is 7.32. The van der Waals surface area contributed by atoms with Crippen LogP contribution < -0.4 is 0 Å². The molecule has 0 aliphatic carbocycles. The zero-order chi connectivity index (χ0) is 15.5. The fourth-order valence-corrected chi connectivity index (χ4v) is 2.81. The van der Waals surface area contributed by atoms with Crippen LogP contribution in [0.1, 0.15) is 29.1 Å². The molecule has 0 radical (unpaired) electrons. The van der Waals surface area contributed by atoms with Gasteiger partial charge in [0.1, 0.15) is 11.6 Å². The Morgan fingerprint density at radius 1 is 1.45 bits per heavy atom. The van der Waals surface area contributed by atoms with Gasteiger partial charge in [0.2, 0.25) is 0 Å². The summed E-state index contributed by atoms with van der Waals surface area (Å²) in [5, 5.41) is 0. The van der Waals surface area contributed by atoms with Gasteiger partial charge in [-0.1, -0.05) is 6.92 Å². The molecule has 0 bridgehead atoms. The van der Waals surface area contributed by atoms with Crippen LogP contribution in [0.2, 0.25) is 0 Å². The molecule has 0 aromatic carbocycles. The number of nitrogens with one attached hydrogen (secondary N) is 1. The van der Waals surface area contributed by atoms with Crippen molar-refractivity contribution in [3.63, 3.8) is 0 Å². The maximum atomic E-state index is 13.3. The Morgan fingerprint density at radius 2 is 2.32 bits per heavy atom. The van der Waals surface area contributed by atoms with Gasteiger partial charge in [-0.3, -0.25) is 14.7 Å². The minimum absolute atomic E-state index is 0.0271. The van der Waals surface area contributed by atoms with E-state index in [1.807, 2.05) is 0 Å². The number of pyridine rings is 1. The molecule has 1 aliphatic rings. The minimum Gasteiger partial charge on any atom is -0.347 e. The van der Waals surface area contributed by atoms with E-state index in [2.05, 4.69) is 26.8 Å². The van der Waals surface area contributed by atoms with Gasteiger partial charge in [0, 0.05) is 38.2 Å². The molecular formula is C15H18FN5O. The molecule has 2 aromatic heterocycles. The predicted octanol–water partition coefficient (Wildman–Crippen LogP) is 1.46. The zero-order valence-corrected chi connectivity index (χ0v) is 12.4. The van der Waals surface area contributed by atoms with Crippen LogP contribution >= 0.6 is 0 Å². The smallest absolute Gasteiger partial charge is 0.255 e. The summed E-state index contributed by atoms with van der Waals surface area (Å²) >= 11 is 0. The highest BCUT2D eigenvalue weighted by molar-refractivity contribution is 5.94. The summed E-state index contributed by atoms with van der Waals surface area (Å²) < 4.78 is 13.3. The van der Waals surface area contributed by atoms with E-state index in [0.29, 0.717) is 13.1 Å². The third kappa shape index (κ3) is 2.85. The molecule has 22 heavy (non-hydrogen) atoms. The number of aromatic nitrogens is 3. The third-order valence-electron chi connectivity index (χ3n) is 3.97. The normalized spacial score (nSPS) is 19.4. The number of carbonyl (C=O) groups excluding carboxylic acids is 1. The number of H-pyrrole nitrogens is 1. The van der Waals surface area contributed by atoms with E-state index in [4.69, 9.17) is 0 Å². The lowest BCUT2D eigenvalue weighted by Gasteiger charge is -2.40. The number of imidazole rings is 1. The summed E-state index contributed by atoms with van der Waals surface area (Å²) in [5.41, 5.74) is 0.281. The summed E-state index contributed by atoms with van der Waals surface area (Å²) in [5.74, 6) is 0.150. The van der Waals surface area contributed by atoms with Crippen molar-refractivity contribution < 1.29 is 9.18 Å². The van der Waals surface area contributed by atoms with Gasteiger partial charge in [-0.15, -0.1) is 0 Å². The molecule has 3 heterocycles. The van der Waals surface area contributed by atoms with Gasteiger partial charge in [-0.05, 0) is 12.6 Å². The first-order chi connectivity index (χ1) is 10.7. The number of rotatable bonds is 3. The van der Waals surface area contributed by atoms with Crippen molar-refractivity contribution in [1.82, 2.24) is 24.8 Å². The van der Waals surface area contributed by atoms with Crippen LogP contribution in [-0.2, 0) is 0 Å². The number of amides is 1. The fourth-order valence-electron chi connectivity index (χ4n) is 2.81. The topological polar surface area (TPSA) is 65.1 Å². The van der Waals surface area contributed by atoms with Crippen molar-refractivity contribution in [2.24, 2.45) is 0 Å². The van der Waals surface area contributed by atoms with Crippen LogP contribution in [0.5, 0.6) is 0 Å². The second-order valence-electron chi connectivity index (χ2n) is 5.26. The van der Waals surface area contributed by atoms with E-state index < -0.39 is 5.82 Å². The molecule has 0 saturated carbocycles. The Labute approximate surface area is 128 Å². The highest BCUT2D eigenvalue weighted by Crippen LogP contribution is 2.23. The van der Waals surface area contributed by atoms with Gasteiger partial charge in [0.15, 0.2) is 0 Å².